The van der Waals surface area contributed by atoms with Crippen LogP contribution in [0.4, 0.5) is 11.4 Å². The van der Waals surface area contributed by atoms with E-state index in [-0.39, 0.29) is 0 Å². The monoisotopic (exact) mass is 209 g/mol. The van der Waals surface area contributed by atoms with Crippen molar-refractivity contribution in [3.8, 4) is 0 Å². The molecule has 1 rings (SSSR count). The SMILES string of the molecule is CN(CCOCCN)c1ccc(N)cc1. The summed E-state index contributed by atoms with van der Waals surface area (Å²) in [5.74, 6) is 0. The Labute approximate surface area is 90.8 Å². The van der Waals surface area contributed by atoms with Crippen molar-refractivity contribution in [1.29, 1.82) is 0 Å². The molecule has 84 valence electrons. The van der Waals surface area contributed by atoms with Gasteiger partial charge in [-0.1, -0.05) is 0 Å². The molecular weight excluding hydrogens is 190 g/mol. The summed E-state index contributed by atoms with van der Waals surface area (Å²) in [6.07, 6.45) is 0. The number of hydrogen-bond acceptors (Lipinski definition) is 4. The summed E-state index contributed by atoms with van der Waals surface area (Å²) in [6.45, 7) is 2.74. The summed E-state index contributed by atoms with van der Waals surface area (Å²) in [7, 11) is 2.03. The van der Waals surface area contributed by atoms with Crippen LogP contribution in [0.25, 0.3) is 0 Å². The van der Waals surface area contributed by atoms with Crippen LogP contribution in [0.5, 0.6) is 0 Å². The Morgan fingerprint density at radius 3 is 2.47 bits per heavy atom. The van der Waals surface area contributed by atoms with Crippen molar-refractivity contribution in [3.05, 3.63) is 24.3 Å². The molecule has 0 heterocycles. The van der Waals surface area contributed by atoms with Gasteiger partial charge in [-0.2, -0.15) is 0 Å². The first kappa shape index (κ1) is 11.8. The summed E-state index contributed by atoms with van der Waals surface area (Å²) in [5.41, 5.74) is 12.9. The molecule has 0 unspecified atom stereocenters. The molecule has 0 radical (unpaired) electrons. The molecule has 0 aliphatic rings. The Hall–Kier alpha value is -1.26. The molecule has 0 atom stereocenters. The number of hydrogen-bond donors (Lipinski definition) is 2. The maximum Gasteiger partial charge on any atom is 0.0642 e. The third-order valence-electron chi connectivity index (χ3n) is 2.17. The van der Waals surface area contributed by atoms with E-state index >= 15 is 0 Å². The second kappa shape index (κ2) is 6.27. The van der Waals surface area contributed by atoms with Crippen LogP contribution in [0.15, 0.2) is 24.3 Å². The van der Waals surface area contributed by atoms with Crippen molar-refractivity contribution in [2.24, 2.45) is 5.73 Å². The normalized spacial score (nSPS) is 10.3. The minimum absolute atomic E-state index is 0.575. The fourth-order valence-corrected chi connectivity index (χ4v) is 1.24. The minimum Gasteiger partial charge on any atom is -0.399 e. The third kappa shape index (κ3) is 4.18. The lowest BCUT2D eigenvalue weighted by atomic mass is 10.2. The summed E-state index contributed by atoms with van der Waals surface area (Å²) in [5, 5.41) is 0. The van der Waals surface area contributed by atoms with E-state index in [9.17, 15) is 0 Å². The Morgan fingerprint density at radius 2 is 1.87 bits per heavy atom. The van der Waals surface area contributed by atoms with Crippen molar-refractivity contribution < 1.29 is 4.74 Å². The van der Waals surface area contributed by atoms with Crippen LogP contribution < -0.4 is 16.4 Å². The van der Waals surface area contributed by atoms with Gasteiger partial charge in [0.1, 0.15) is 0 Å². The van der Waals surface area contributed by atoms with E-state index in [4.69, 9.17) is 16.2 Å². The van der Waals surface area contributed by atoms with Gasteiger partial charge in [0.2, 0.25) is 0 Å². The highest BCUT2D eigenvalue weighted by Crippen LogP contribution is 2.14. The Bertz CT molecular complexity index is 274. The molecule has 4 nitrogen and oxygen atoms in total. The first-order valence-corrected chi connectivity index (χ1v) is 5.08. The summed E-state index contributed by atoms with van der Waals surface area (Å²) >= 11 is 0. The zero-order chi connectivity index (χ0) is 11.1. The zero-order valence-corrected chi connectivity index (χ0v) is 9.15. The average molecular weight is 209 g/mol. The number of anilines is 2. The molecule has 0 saturated heterocycles. The van der Waals surface area contributed by atoms with Gasteiger partial charge in [0.25, 0.3) is 0 Å². The highest BCUT2D eigenvalue weighted by Gasteiger charge is 1.99. The maximum atomic E-state index is 5.61. The van der Waals surface area contributed by atoms with Crippen LogP contribution in [-0.4, -0.2) is 33.4 Å². The fraction of sp³-hybridized carbons (Fsp3) is 0.455. The van der Waals surface area contributed by atoms with Gasteiger partial charge in [-0.25, -0.2) is 0 Å². The third-order valence-corrected chi connectivity index (χ3v) is 2.17. The van der Waals surface area contributed by atoms with Gasteiger partial charge in [-0.15, -0.1) is 0 Å². The van der Waals surface area contributed by atoms with E-state index in [0.29, 0.717) is 19.8 Å². The number of ether oxygens (including phenoxy) is 1. The van der Waals surface area contributed by atoms with Gasteiger partial charge >= 0.3 is 0 Å². The lowest BCUT2D eigenvalue weighted by Crippen LogP contribution is -2.23. The molecule has 0 spiro atoms. The largest absolute Gasteiger partial charge is 0.399 e. The number of nitrogens with zero attached hydrogens (tertiary/aromatic N) is 1. The van der Waals surface area contributed by atoms with E-state index in [2.05, 4.69) is 4.90 Å². The van der Waals surface area contributed by atoms with Gasteiger partial charge in [0.15, 0.2) is 0 Å². The number of likely N-dealkylation sites (N-methyl/N-ethyl adjacent to an activating group) is 1. The van der Waals surface area contributed by atoms with Crippen LogP contribution in [-0.2, 0) is 4.74 Å². The fourth-order valence-electron chi connectivity index (χ4n) is 1.24. The lowest BCUT2D eigenvalue weighted by Gasteiger charge is -2.19. The molecule has 0 aromatic heterocycles. The lowest BCUT2D eigenvalue weighted by molar-refractivity contribution is 0.148. The molecule has 4 heteroatoms. The van der Waals surface area contributed by atoms with Gasteiger partial charge in [0.05, 0.1) is 13.2 Å². The molecule has 0 aliphatic heterocycles. The molecule has 0 saturated carbocycles. The Morgan fingerprint density at radius 1 is 1.20 bits per heavy atom. The Kier molecular flexibility index (Phi) is 4.93. The van der Waals surface area contributed by atoms with Crippen molar-refractivity contribution in [3.63, 3.8) is 0 Å². The molecule has 4 N–H and O–H groups in total. The molecule has 0 amide bonds. The first-order valence-electron chi connectivity index (χ1n) is 5.08. The highest BCUT2D eigenvalue weighted by atomic mass is 16.5. The van der Waals surface area contributed by atoms with E-state index in [1.54, 1.807) is 0 Å². The molecule has 0 fully saturated rings. The second-order valence-electron chi connectivity index (χ2n) is 3.41. The number of rotatable bonds is 6. The number of nitrogens with two attached hydrogens (primary N) is 2. The van der Waals surface area contributed by atoms with Crippen molar-refractivity contribution in [1.82, 2.24) is 0 Å². The molecular formula is C11H19N3O. The van der Waals surface area contributed by atoms with Crippen LogP contribution in [0.3, 0.4) is 0 Å². The Balaban J connectivity index is 2.33. The van der Waals surface area contributed by atoms with E-state index < -0.39 is 0 Å². The van der Waals surface area contributed by atoms with E-state index in [1.807, 2.05) is 31.3 Å². The number of nitrogen functional groups attached to an aromatic ring is 1. The zero-order valence-electron chi connectivity index (χ0n) is 9.15. The number of benzene rings is 1. The smallest absolute Gasteiger partial charge is 0.0642 e. The topological polar surface area (TPSA) is 64.5 Å². The van der Waals surface area contributed by atoms with Crippen LogP contribution in [0.2, 0.25) is 0 Å². The average Bonchev–Trinajstić information content (AvgIpc) is 2.25. The van der Waals surface area contributed by atoms with Gasteiger partial charge in [-0.05, 0) is 24.3 Å². The van der Waals surface area contributed by atoms with Crippen molar-refractivity contribution >= 4 is 11.4 Å². The van der Waals surface area contributed by atoms with Gasteiger partial charge < -0.3 is 21.1 Å². The van der Waals surface area contributed by atoms with Gasteiger partial charge in [0, 0.05) is 31.5 Å². The van der Waals surface area contributed by atoms with Crippen LogP contribution in [0, 0.1) is 0 Å². The molecule has 1 aromatic rings. The summed E-state index contributed by atoms with van der Waals surface area (Å²) in [6, 6.07) is 7.79. The highest BCUT2D eigenvalue weighted by molar-refractivity contribution is 5.52. The van der Waals surface area contributed by atoms with Crippen molar-refractivity contribution in [2.75, 3.05) is 44.0 Å². The predicted molar refractivity (Wildman–Crippen MR) is 64.0 cm³/mol. The minimum atomic E-state index is 0.575. The summed E-state index contributed by atoms with van der Waals surface area (Å²) in [4.78, 5) is 2.12. The quantitative estimate of drug-likeness (QED) is 0.534. The maximum absolute atomic E-state index is 5.61. The summed E-state index contributed by atoms with van der Waals surface area (Å²) < 4.78 is 5.31. The molecule has 15 heavy (non-hydrogen) atoms. The van der Waals surface area contributed by atoms with Gasteiger partial charge in [-0.3, -0.25) is 0 Å². The van der Waals surface area contributed by atoms with Crippen LogP contribution >= 0.6 is 0 Å². The van der Waals surface area contributed by atoms with Crippen molar-refractivity contribution in [2.45, 2.75) is 0 Å². The van der Waals surface area contributed by atoms with Crippen LogP contribution in [0.1, 0.15) is 0 Å². The first-order chi connectivity index (χ1) is 7.24. The standard InChI is InChI=1S/C11H19N3O/c1-14(7-9-15-8-6-12)11-4-2-10(13)3-5-11/h2-5H,6-9,12-13H2,1H3. The van der Waals surface area contributed by atoms with E-state index in [1.165, 1.54) is 0 Å². The molecule has 0 bridgehead atoms. The van der Waals surface area contributed by atoms with E-state index in [0.717, 1.165) is 17.9 Å². The predicted octanol–water partition coefficient (Wildman–Crippen LogP) is 0.680. The second-order valence-corrected chi connectivity index (χ2v) is 3.41. The molecule has 1 aromatic carbocycles. The molecule has 0 aliphatic carbocycles.